The normalized spacial score (nSPS) is 27.8. The van der Waals surface area contributed by atoms with Gasteiger partial charge in [-0.2, -0.15) is 4.98 Å². The number of amides is 4. The van der Waals surface area contributed by atoms with Crippen molar-refractivity contribution in [3.05, 3.63) is 47.4 Å². The summed E-state index contributed by atoms with van der Waals surface area (Å²) >= 11 is 6.53. The van der Waals surface area contributed by atoms with Crippen molar-refractivity contribution in [3.8, 4) is 0 Å². The van der Waals surface area contributed by atoms with Gasteiger partial charge in [0, 0.05) is 94.6 Å². The van der Waals surface area contributed by atoms with Gasteiger partial charge in [-0.3, -0.25) is 29.5 Å². The summed E-state index contributed by atoms with van der Waals surface area (Å²) in [5, 5.41) is 20.1. The molecule has 6 aliphatic rings. The van der Waals surface area contributed by atoms with E-state index in [-0.39, 0.29) is 23.6 Å². The molecule has 5 fully saturated rings. The molecule has 1 aromatic carbocycles. The first-order valence-corrected chi connectivity index (χ1v) is 21.2. The van der Waals surface area contributed by atoms with E-state index in [9.17, 15) is 24.3 Å². The molecule has 3 atom stereocenters. The van der Waals surface area contributed by atoms with Crippen LogP contribution in [0.2, 0.25) is 5.02 Å². The number of likely N-dealkylation sites (tertiary alicyclic amines) is 2. The minimum Gasteiger partial charge on any atom is -0.388 e. The van der Waals surface area contributed by atoms with Crippen LogP contribution in [0.4, 0.5) is 23.1 Å². The standard InChI is InChI=1S/C42H55ClN10O5/c1-40(49-39-45-25-32(43)36(48-39)52-16-3-12-41(2,58)27-52)23-31(24-44-26-40)53-21-15-42(38(53)57)13-19-51(20-14-42)35(55)22-28-10-17-50(18-11-28)30-6-4-29(5-7-30)46-33-8-9-34(54)47-37(33)56/h4-7,24-26,28,33,46,58H,3,8-23,27H2,1-2H3,(H,45,48,49)(H,47,54,56)/t33?,40?,41-/m0/s1. The number of anilines is 4. The smallest absolute Gasteiger partial charge is 0.249 e. The molecule has 5 saturated heterocycles. The maximum Gasteiger partial charge on any atom is 0.249 e. The van der Waals surface area contributed by atoms with Crippen molar-refractivity contribution >= 4 is 64.6 Å². The fourth-order valence-electron chi connectivity index (χ4n) is 9.61. The van der Waals surface area contributed by atoms with Crippen LogP contribution in [0.1, 0.15) is 84.5 Å². The van der Waals surface area contributed by atoms with E-state index in [1.54, 1.807) is 12.4 Å². The number of hydrogen-bond donors (Lipinski definition) is 4. The van der Waals surface area contributed by atoms with Gasteiger partial charge < -0.3 is 35.3 Å². The van der Waals surface area contributed by atoms with E-state index in [1.165, 1.54) is 0 Å². The van der Waals surface area contributed by atoms with Gasteiger partial charge in [0.05, 0.1) is 22.8 Å². The Morgan fingerprint density at radius 1 is 0.966 bits per heavy atom. The van der Waals surface area contributed by atoms with Crippen LogP contribution in [0.25, 0.3) is 0 Å². The highest BCUT2D eigenvalue weighted by molar-refractivity contribution is 6.32. The quantitative estimate of drug-likeness (QED) is 0.265. The number of benzene rings is 1. The van der Waals surface area contributed by atoms with Crippen LogP contribution < -0.4 is 25.8 Å². The van der Waals surface area contributed by atoms with Gasteiger partial charge in [-0.1, -0.05) is 11.6 Å². The van der Waals surface area contributed by atoms with Gasteiger partial charge in [-0.15, -0.1) is 0 Å². The fourth-order valence-corrected chi connectivity index (χ4v) is 9.82. The van der Waals surface area contributed by atoms with Crippen LogP contribution >= 0.6 is 11.6 Å². The van der Waals surface area contributed by atoms with Gasteiger partial charge in [0.15, 0.2) is 5.82 Å². The van der Waals surface area contributed by atoms with Crippen molar-refractivity contribution in [3.63, 3.8) is 0 Å². The van der Waals surface area contributed by atoms with Crippen LogP contribution in [-0.4, -0.2) is 118 Å². The summed E-state index contributed by atoms with van der Waals surface area (Å²) in [6.07, 6.45) is 12.6. The number of carbonyl (C=O) groups excluding carboxylic acids is 4. The summed E-state index contributed by atoms with van der Waals surface area (Å²) in [6.45, 7) is 8.58. The van der Waals surface area contributed by atoms with Crippen LogP contribution in [0.3, 0.4) is 0 Å². The first-order chi connectivity index (χ1) is 27.8. The largest absolute Gasteiger partial charge is 0.388 e. The Hall–Kier alpha value is -4.76. The Bertz CT molecular complexity index is 1970. The summed E-state index contributed by atoms with van der Waals surface area (Å²) in [4.78, 5) is 73.2. The monoisotopic (exact) mass is 814 g/mol. The first-order valence-electron chi connectivity index (χ1n) is 20.8. The number of aliphatic imine (C=N–C) groups is 1. The fraction of sp³-hybridized carbons (Fsp3) is 0.595. The second-order valence-electron chi connectivity index (χ2n) is 17.7. The predicted octanol–water partition coefficient (Wildman–Crippen LogP) is 4.33. The lowest BCUT2D eigenvalue weighted by Crippen LogP contribution is -2.48. The highest BCUT2D eigenvalue weighted by Crippen LogP contribution is 2.44. The first kappa shape index (κ1) is 40.0. The number of imide groups is 1. The van der Waals surface area contributed by atoms with E-state index >= 15 is 0 Å². The van der Waals surface area contributed by atoms with Gasteiger partial charge in [0.25, 0.3) is 0 Å². The van der Waals surface area contributed by atoms with E-state index in [0.717, 1.165) is 68.8 Å². The molecule has 15 nitrogen and oxygen atoms in total. The summed E-state index contributed by atoms with van der Waals surface area (Å²) < 4.78 is 0. The number of piperidine rings is 4. The molecule has 8 rings (SSSR count). The average molecular weight is 815 g/mol. The van der Waals surface area contributed by atoms with Crippen molar-refractivity contribution in [2.45, 2.75) is 102 Å². The Morgan fingerprint density at radius 2 is 1.71 bits per heavy atom. The van der Waals surface area contributed by atoms with E-state index < -0.39 is 22.6 Å². The zero-order valence-electron chi connectivity index (χ0n) is 33.5. The molecule has 0 saturated carbocycles. The zero-order chi connectivity index (χ0) is 40.7. The number of aliphatic hydroxyl groups is 1. The number of hydrogen-bond acceptors (Lipinski definition) is 12. The second-order valence-corrected chi connectivity index (χ2v) is 18.1. The lowest BCUT2D eigenvalue weighted by Gasteiger charge is -2.40. The van der Waals surface area contributed by atoms with Crippen molar-refractivity contribution in [2.75, 3.05) is 66.2 Å². The van der Waals surface area contributed by atoms with E-state index in [0.29, 0.717) is 87.4 Å². The van der Waals surface area contributed by atoms with Crippen molar-refractivity contribution in [2.24, 2.45) is 16.3 Å². The van der Waals surface area contributed by atoms with Gasteiger partial charge in [-0.05, 0) is 95.4 Å². The third-order valence-corrected chi connectivity index (χ3v) is 13.3. The Labute approximate surface area is 344 Å². The second kappa shape index (κ2) is 16.1. The van der Waals surface area contributed by atoms with E-state index in [2.05, 4.69) is 43.0 Å². The number of nitrogens with one attached hydrogen (secondary N) is 3. The molecule has 4 amide bonds. The van der Waals surface area contributed by atoms with Crippen LogP contribution in [-0.2, 0) is 19.2 Å². The van der Waals surface area contributed by atoms with Crippen molar-refractivity contribution < 1.29 is 24.3 Å². The van der Waals surface area contributed by atoms with Gasteiger partial charge in [0.2, 0.25) is 29.6 Å². The topological polar surface area (TPSA) is 176 Å². The molecule has 2 aromatic rings. The molecule has 16 heteroatoms. The number of nitrogens with zero attached hydrogens (tertiary/aromatic N) is 7. The average Bonchev–Trinajstić information content (AvgIpc) is 3.51. The summed E-state index contributed by atoms with van der Waals surface area (Å²) in [5.41, 5.74) is 0.879. The Morgan fingerprint density at radius 3 is 2.43 bits per heavy atom. The van der Waals surface area contributed by atoms with Crippen LogP contribution in [0, 0.1) is 11.3 Å². The zero-order valence-corrected chi connectivity index (χ0v) is 34.3. The summed E-state index contributed by atoms with van der Waals surface area (Å²) in [5.74, 6) is 1.11. The number of halogens is 1. The predicted molar refractivity (Wildman–Crippen MR) is 223 cm³/mol. The summed E-state index contributed by atoms with van der Waals surface area (Å²) in [6, 6.07) is 7.63. The maximum absolute atomic E-state index is 14.1. The molecule has 0 radical (unpaired) electrons. The molecule has 0 bridgehead atoms. The maximum atomic E-state index is 14.1. The molecular formula is C42H55ClN10O5. The van der Waals surface area contributed by atoms with Crippen LogP contribution in [0.5, 0.6) is 0 Å². The lowest BCUT2D eigenvalue weighted by atomic mass is 9.77. The lowest BCUT2D eigenvalue weighted by molar-refractivity contribution is -0.142. The molecule has 1 spiro atoms. The van der Waals surface area contributed by atoms with Crippen LogP contribution in [0.15, 0.2) is 47.4 Å². The third-order valence-electron chi connectivity index (χ3n) is 13.1. The highest BCUT2D eigenvalue weighted by atomic mass is 35.5. The van der Waals surface area contributed by atoms with E-state index in [4.69, 9.17) is 16.6 Å². The Kier molecular flexibility index (Phi) is 11.1. The molecule has 0 aliphatic carbocycles. The van der Waals surface area contributed by atoms with Gasteiger partial charge >= 0.3 is 0 Å². The van der Waals surface area contributed by atoms with Gasteiger partial charge in [-0.25, -0.2) is 4.98 Å². The molecule has 58 heavy (non-hydrogen) atoms. The molecule has 6 aliphatic heterocycles. The SMILES string of the molecule is CC1(Nc2ncc(Cl)c(N3CCC[C@](C)(O)C3)n2)C=NC=C(N2CCC3(CCN(C(=O)CC4CCN(c5ccc(NC6CCC(=O)NC6=O)cc5)CC4)CC3)C2=O)C1. The number of carbonyl (C=O) groups is 4. The highest BCUT2D eigenvalue weighted by Gasteiger charge is 2.50. The van der Waals surface area contributed by atoms with Crippen molar-refractivity contribution in [1.82, 2.24) is 25.1 Å². The molecule has 2 unspecified atom stereocenters. The number of rotatable bonds is 9. The van der Waals surface area contributed by atoms with Gasteiger partial charge in [0.1, 0.15) is 11.1 Å². The number of β-amino-alcohol motifs (C(OH)–C–C–N with tert-alkyl or cyclic N) is 1. The Balaban J connectivity index is 0.794. The third kappa shape index (κ3) is 8.66. The van der Waals surface area contributed by atoms with Crippen molar-refractivity contribution in [1.29, 1.82) is 0 Å². The molecule has 7 heterocycles. The molecule has 310 valence electrons. The minimum atomic E-state index is -0.813. The molecule has 1 aromatic heterocycles. The number of aromatic nitrogens is 2. The molecule has 4 N–H and O–H groups in total. The molecular weight excluding hydrogens is 760 g/mol. The summed E-state index contributed by atoms with van der Waals surface area (Å²) in [7, 11) is 0. The van der Waals surface area contributed by atoms with E-state index in [1.807, 2.05) is 46.9 Å². The minimum absolute atomic E-state index is 0.125.